The molecule has 3 aliphatic heterocycles. The molecule has 1 N–H and O–H groups in total. The molecule has 3 aliphatic rings. The van der Waals surface area contributed by atoms with Crippen LogP contribution in [0, 0.1) is 5.92 Å². The molecule has 7 rings (SSSR count). The van der Waals surface area contributed by atoms with Crippen molar-refractivity contribution in [2.75, 3.05) is 36.6 Å². The van der Waals surface area contributed by atoms with E-state index in [2.05, 4.69) is 32.2 Å². The summed E-state index contributed by atoms with van der Waals surface area (Å²) in [7, 11) is -0.820. The monoisotopic (exact) mass is 745 g/mol. The number of nitrogens with zero attached hydrogens (tertiary/aromatic N) is 3. The number of amides is 3. The van der Waals surface area contributed by atoms with Gasteiger partial charge < -0.3 is 29.3 Å². The van der Waals surface area contributed by atoms with Crippen LogP contribution in [0.5, 0.6) is 5.75 Å². The van der Waals surface area contributed by atoms with Gasteiger partial charge in [-0.1, -0.05) is 98.0 Å². The molecule has 54 heavy (non-hydrogen) atoms. The molecule has 0 bridgehead atoms. The zero-order chi connectivity index (χ0) is 38.0. The highest BCUT2D eigenvalue weighted by atomic mass is 28.3. The molecular formula is C44H51N3O6Si. The highest BCUT2D eigenvalue weighted by molar-refractivity contribution is 6.91. The summed E-state index contributed by atoms with van der Waals surface area (Å²) in [6, 6.07) is 33.8. The van der Waals surface area contributed by atoms with E-state index in [9.17, 15) is 14.7 Å². The van der Waals surface area contributed by atoms with Crippen molar-refractivity contribution in [3.8, 4) is 5.75 Å². The number of carbonyl (C=O) groups is 3. The van der Waals surface area contributed by atoms with Gasteiger partial charge in [0.1, 0.15) is 5.75 Å². The Bertz CT molecular complexity index is 1970. The highest BCUT2D eigenvalue weighted by Crippen LogP contribution is 2.60. The largest absolute Gasteiger partial charge is 0.497 e. The number of rotatable bonds is 12. The number of piperidine rings is 1. The number of hydrogen-bond acceptors (Lipinski definition) is 6. The average molecular weight is 746 g/mol. The fraction of sp³-hybridized carbons (Fsp3) is 0.386. The quantitative estimate of drug-likeness (QED) is 0.169. The van der Waals surface area contributed by atoms with Gasteiger partial charge in [-0.05, 0) is 59.8 Å². The number of methoxy groups -OCH3 is 1. The first-order valence-electron chi connectivity index (χ1n) is 19.1. The van der Waals surface area contributed by atoms with Gasteiger partial charge in [-0.25, -0.2) is 0 Å². The summed E-state index contributed by atoms with van der Waals surface area (Å²) in [6.45, 7) is 8.23. The third kappa shape index (κ3) is 6.87. The summed E-state index contributed by atoms with van der Waals surface area (Å²) in [5.41, 5.74) is 3.05. The molecule has 0 saturated carbocycles. The maximum atomic E-state index is 15.2. The van der Waals surface area contributed by atoms with Crippen LogP contribution in [0.4, 0.5) is 11.4 Å². The molecule has 3 amide bonds. The lowest BCUT2D eigenvalue weighted by atomic mass is 9.82. The Hall–Kier alpha value is -4.77. The molecule has 0 unspecified atom stereocenters. The topological polar surface area (TPSA) is 99.6 Å². The van der Waals surface area contributed by atoms with Gasteiger partial charge in [-0.3, -0.25) is 14.4 Å². The normalized spacial score (nSPS) is 22.5. The summed E-state index contributed by atoms with van der Waals surface area (Å²) in [4.78, 5) is 47.5. The number of fused-ring (bicyclic) bond motifs is 2. The minimum absolute atomic E-state index is 0.0856. The second kappa shape index (κ2) is 15.5. The van der Waals surface area contributed by atoms with Gasteiger partial charge in [0.2, 0.25) is 11.8 Å². The molecule has 1 spiro atoms. The van der Waals surface area contributed by atoms with Gasteiger partial charge in [0, 0.05) is 43.2 Å². The van der Waals surface area contributed by atoms with Crippen molar-refractivity contribution in [2.45, 2.75) is 76.0 Å². The van der Waals surface area contributed by atoms with Gasteiger partial charge in [0.15, 0.2) is 5.60 Å². The predicted molar refractivity (Wildman–Crippen MR) is 213 cm³/mol. The summed E-state index contributed by atoms with van der Waals surface area (Å²) >= 11 is 0. The zero-order valence-corrected chi connectivity index (χ0v) is 32.7. The summed E-state index contributed by atoms with van der Waals surface area (Å²) in [5, 5.41) is 11.2. The highest BCUT2D eigenvalue weighted by Gasteiger charge is 2.66. The number of hydrogen-bond donors (Lipinski definition) is 1. The third-order valence-corrected chi connectivity index (χ3v) is 16.3. The Labute approximate surface area is 319 Å². The summed E-state index contributed by atoms with van der Waals surface area (Å²) in [6.07, 6.45) is 2.02. The first kappa shape index (κ1) is 37.5. The van der Waals surface area contributed by atoms with Crippen molar-refractivity contribution in [1.82, 2.24) is 4.90 Å². The molecule has 0 aliphatic carbocycles. The second-order valence-electron chi connectivity index (χ2n) is 15.5. The molecule has 282 valence electrons. The van der Waals surface area contributed by atoms with Crippen LogP contribution in [-0.2, 0) is 37.8 Å². The molecule has 9 nitrogen and oxygen atoms in total. The van der Waals surface area contributed by atoms with Crippen LogP contribution in [0.2, 0.25) is 18.6 Å². The Morgan fingerprint density at radius 3 is 2.31 bits per heavy atom. The minimum atomic E-state index is -2.48. The van der Waals surface area contributed by atoms with Gasteiger partial charge in [0.05, 0.1) is 46.5 Å². The maximum absolute atomic E-state index is 15.2. The van der Waals surface area contributed by atoms with Crippen LogP contribution >= 0.6 is 0 Å². The van der Waals surface area contributed by atoms with E-state index in [0.29, 0.717) is 19.5 Å². The molecule has 3 heterocycles. The number of benzene rings is 4. The molecule has 2 saturated heterocycles. The van der Waals surface area contributed by atoms with Crippen LogP contribution in [0.15, 0.2) is 103 Å². The minimum Gasteiger partial charge on any atom is -0.497 e. The van der Waals surface area contributed by atoms with Crippen molar-refractivity contribution >= 4 is 42.4 Å². The van der Waals surface area contributed by atoms with E-state index in [1.807, 2.05) is 101 Å². The molecule has 4 aromatic carbocycles. The number of aliphatic hydroxyl groups is 1. The van der Waals surface area contributed by atoms with E-state index in [1.54, 1.807) is 12.0 Å². The first-order valence-corrected chi connectivity index (χ1v) is 22.2. The van der Waals surface area contributed by atoms with Crippen molar-refractivity contribution in [3.63, 3.8) is 0 Å². The fourth-order valence-corrected chi connectivity index (χ4v) is 13.2. The molecule has 4 aromatic rings. The molecule has 0 radical (unpaired) electrons. The number of aliphatic hydroxyl groups excluding tert-OH is 1. The Balaban J connectivity index is 1.23. The predicted octanol–water partition coefficient (Wildman–Crippen LogP) is 6.39. The van der Waals surface area contributed by atoms with Crippen LogP contribution in [-0.4, -0.2) is 68.7 Å². The van der Waals surface area contributed by atoms with Crippen LogP contribution in [0.3, 0.4) is 0 Å². The number of carbonyl (C=O) groups excluding carboxylic acids is 3. The first-order chi connectivity index (χ1) is 26.1. The third-order valence-electron chi connectivity index (χ3n) is 12.0. The van der Waals surface area contributed by atoms with E-state index in [0.717, 1.165) is 53.2 Å². The number of anilines is 2. The van der Waals surface area contributed by atoms with E-state index in [-0.39, 0.29) is 48.8 Å². The average Bonchev–Trinajstić information content (AvgIpc) is 3.61. The Morgan fingerprint density at radius 1 is 0.926 bits per heavy atom. The Kier molecular flexibility index (Phi) is 10.8. The fourth-order valence-electron chi connectivity index (χ4n) is 9.19. The summed E-state index contributed by atoms with van der Waals surface area (Å²) in [5.74, 6) is 0.423. The molecule has 10 heteroatoms. The molecule has 2 fully saturated rings. The molecular weight excluding hydrogens is 695 g/mol. The van der Waals surface area contributed by atoms with Gasteiger partial charge >= 0.3 is 0 Å². The lowest BCUT2D eigenvalue weighted by Crippen LogP contribution is -2.52. The second-order valence-corrected chi connectivity index (χ2v) is 20.1. The van der Waals surface area contributed by atoms with Crippen LogP contribution in [0.25, 0.3) is 0 Å². The van der Waals surface area contributed by atoms with Gasteiger partial charge in [-0.15, -0.1) is 0 Å². The van der Waals surface area contributed by atoms with Gasteiger partial charge in [0.25, 0.3) is 5.91 Å². The SMILES string of the molecule is COc1ccc([Si](C)(C)[C@@H]2[C@@H](CC(=O)N(CCO)Cc3ccccc3)O[C@]3(C(=O)N(Cc4ccc(N5CCCCC5=O)cc4)c4ccccc43)[C@H]2C)cc1. The van der Waals surface area contributed by atoms with Gasteiger partial charge in [-0.2, -0.15) is 0 Å². The maximum Gasteiger partial charge on any atom is 0.264 e. The van der Waals surface area contributed by atoms with Crippen molar-refractivity contribution in [3.05, 3.63) is 120 Å². The van der Waals surface area contributed by atoms with E-state index < -0.39 is 19.8 Å². The smallest absolute Gasteiger partial charge is 0.264 e. The van der Waals surface area contributed by atoms with E-state index in [1.165, 1.54) is 5.19 Å². The Morgan fingerprint density at radius 2 is 1.63 bits per heavy atom. The number of ether oxygens (including phenoxy) is 2. The lowest BCUT2D eigenvalue weighted by Gasteiger charge is -2.37. The van der Waals surface area contributed by atoms with E-state index >= 15 is 4.79 Å². The zero-order valence-electron chi connectivity index (χ0n) is 31.7. The van der Waals surface area contributed by atoms with Crippen molar-refractivity contribution < 1.29 is 29.0 Å². The van der Waals surface area contributed by atoms with Crippen LogP contribution < -0.4 is 19.7 Å². The van der Waals surface area contributed by atoms with Crippen molar-refractivity contribution in [2.24, 2.45) is 5.92 Å². The standard InChI is InChI=1S/C44H51N3O6Si/c1-31-42(54(3,4)36-23-21-35(52-2)22-24-36)39(28-41(50)45(26-27-48)29-32-12-6-5-7-13-32)53-44(31)37-14-8-9-15-38(37)47(43(44)51)30-33-17-19-34(20-18-33)46-25-11-10-16-40(46)49/h5-9,12-15,17-24,31,39,42,48H,10-11,16,25-30H2,1-4H3/t31-,39+,42-,44+/m0/s1. The summed E-state index contributed by atoms with van der Waals surface area (Å²) < 4.78 is 12.7. The van der Waals surface area contributed by atoms with Crippen molar-refractivity contribution in [1.29, 1.82) is 0 Å². The van der Waals surface area contributed by atoms with E-state index in [4.69, 9.17) is 9.47 Å². The molecule has 0 aromatic heterocycles. The lowest BCUT2D eigenvalue weighted by molar-refractivity contribution is -0.150. The van der Waals surface area contributed by atoms with Crippen LogP contribution in [0.1, 0.15) is 49.3 Å². The molecule has 4 atom stereocenters. The number of para-hydroxylation sites is 1.